The van der Waals surface area contributed by atoms with E-state index in [1.807, 2.05) is 18.2 Å². The lowest BCUT2D eigenvalue weighted by molar-refractivity contribution is 0.185. The topological polar surface area (TPSA) is 68.3 Å². The van der Waals surface area contributed by atoms with Gasteiger partial charge in [0.25, 0.3) is 10.0 Å². The maximum absolute atomic E-state index is 12.7. The Balaban J connectivity index is 2.00. The lowest BCUT2D eigenvalue weighted by Crippen LogP contribution is -2.14. The molecular formula is C17H16N2O3S. The van der Waals surface area contributed by atoms with Crippen LogP contribution in [0.5, 0.6) is 0 Å². The van der Waals surface area contributed by atoms with Crippen LogP contribution in [0, 0.1) is 0 Å². The van der Waals surface area contributed by atoms with Gasteiger partial charge in [-0.3, -0.25) is 9.71 Å². The number of benzene rings is 2. The summed E-state index contributed by atoms with van der Waals surface area (Å²) in [5.41, 5.74) is 1.84. The SMILES string of the molecule is COCc1cccc(NS(=O)(=O)c2cccc3cccnc23)c1. The molecule has 2 aromatic carbocycles. The Bertz CT molecular complexity index is 934. The third-order valence-corrected chi connectivity index (χ3v) is 4.79. The number of hydrogen-bond acceptors (Lipinski definition) is 4. The molecule has 0 aliphatic heterocycles. The molecule has 1 N–H and O–H groups in total. The molecule has 1 aromatic heterocycles. The number of sulfonamides is 1. The van der Waals surface area contributed by atoms with Crippen molar-refractivity contribution >= 4 is 26.6 Å². The molecule has 118 valence electrons. The van der Waals surface area contributed by atoms with Crippen molar-refractivity contribution in [3.05, 3.63) is 66.4 Å². The lowest BCUT2D eigenvalue weighted by Gasteiger charge is -2.11. The van der Waals surface area contributed by atoms with E-state index >= 15 is 0 Å². The van der Waals surface area contributed by atoms with Crippen LogP contribution in [0.4, 0.5) is 5.69 Å². The zero-order valence-corrected chi connectivity index (χ0v) is 13.4. The fraction of sp³-hybridized carbons (Fsp3) is 0.118. The fourth-order valence-corrected chi connectivity index (χ4v) is 3.62. The molecule has 0 radical (unpaired) electrons. The maximum atomic E-state index is 12.7. The van der Waals surface area contributed by atoms with Crippen molar-refractivity contribution in [2.24, 2.45) is 0 Å². The molecule has 0 saturated carbocycles. The molecule has 0 aliphatic rings. The quantitative estimate of drug-likeness (QED) is 0.781. The minimum atomic E-state index is -3.72. The third-order valence-electron chi connectivity index (χ3n) is 3.38. The highest BCUT2D eigenvalue weighted by molar-refractivity contribution is 7.93. The first-order valence-corrected chi connectivity index (χ1v) is 8.53. The van der Waals surface area contributed by atoms with Crippen LogP contribution in [0.15, 0.2) is 65.7 Å². The zero-order valence-electron chi connectivity index (χ0n) is 12.6. The summed E-state index contributed by atoms with van der Waals surface area (Å²) in [5, 5.41) is 0.781. The number of ether oxygens (including phenoxy) is 1. The summed E-state index contributed by atoms with van der Waals surface area (Å²) >= 11 is 0. The van der Waals surface area contributed by atoms with Gasteiger partial charge in [0.2, 0.25) is 0 Å². The van der Waals surface area contributed by atoms with Crippen LogP contribution in [0.1, 0.15) is 5.56 Å². The van der Waals surface area contributed by atoms with Crippen molar-refractivity contribution in [3.8, 4) is 0 Å². The molecule has 0 saturated heterocycles. The third kappa shape index (κ3) is 3.33. The van der Waals surface area contributed by atoms with Crippen molar-refractivity contribution in [2.75, 3.05) is 11.8 Å². The van der Waals surface area contributed by atoms with Crippen LogP contribution in [0.3, 0.4) is 0 Å². The summed E-state index contributed by atoms with van der Waals surface area (Å²) in [6.45, 7) is 0.422. The smallest absolute Gasteiger partial charge is 0.264 e. The van der Waals surface area contributed by atoms with E-state index in [4.69, 9.17) is 4.74 Å². The molecule has 23 heavy (non-hydrogen) atoms. The van der Waals surface area contributed by atoms with E-state index in [2.05, 4.69) is 9.71 Å². The average molecular weight is 328 g/mol. The number of rotatable bonds is 5. The minimum absolute atomic E-state index is 0.160. The minimum Gasteiger partial charge on any atom is -0.380 e. The Morgan fingerprint density at radius 2 is 1.87 bits per heavy atom. The van der Waals surface area contributed by atoms with Crippen molar-refractivity contribution in [1.29, 1.82) is 0 Å². The van der Waals surface area contributed by atoms with Crippen molar-refractivity contribution in [2.45, 2.75) is 11.5 Å². The van der Waals surface area contributed by atoms with E-state index < -0.39 is 10.0 Å². The Morgan fingerprint density at radius 3 is 2.70 bits per heavy atom. The number of methoxy groups -OCH3 is 1. The molecule has 6 heteroatoms. The van der Waals surface area contributed by atoms with E-state index in [-0.39, 0.29) is 4.90 Å². The van der Waals surface area contributed by atoms with Gasteiger partial charge in [-0.1, -0.05) is 30.3 Å². The standard InChI is InChI=1S/C17H16N2O3S/c1-22-12-13-5-2-8-15(11-13)19-23(20,21)16-9-3-6-14-7-4-10-18-17(14)16/h2-11,19H,12H2,1H3. The number of nitrogens with one attached hydrogen (secondary N) is 1. The second kappa shape index (κ2) is 6.36. The molecule has 0 unspecified atom stereocenters. The van der Waals surface area contributed by atoms with E-state index in [9.17, 15) is 8.42 Å². The number of aromatic nitrogens is 1. The largest absolute Gasteiger partial charge is 0.380 e. The Morgan fingerprint density at radius 1 is 1.09 bits per heavy atom. The highest BCUT2D eigenvalue weighted by Crippen LogP contribution is 2.23. The van der Waals surface area contributed by atoms with Crippen LogP contribution >= 0.6 is 0 Å². The molecule has 1 heterocycles. The van der Waals surface area contributed by atoms with Gasteiger partial charge in [-0.05, 0) is 29.8 Å². The van der Waals surface area contributed by atoms with E-state index in [0.717, 1.165) is 10.9 Å². The van der Waals surface area contributed by atoms with Gasteiger partial charge < -0.3 is 4.74 Å². The molecule has 0 fully saturated rings. The van der Waals surface area contributed by atoms with Crippen LogP contribution in [-0.4, -0.2) is 20.5 Å². The number of para-hydroxylation sites is 1. The monoisotopic (exact) mass is 328 g/mol. The summed E-state index contributed by atoms with van der Waals surface area (Å²) < 4.78 is 33.1. The number of pyridine rings is 1. The molecule has 3 rings (SSSR count). The Hall–Kier alpha value is -2.44. The molecule has 0 amide bonds. The highest BCUT2D eigenvalue weighted by atomic mass is 32.2. The lowest BCUT2D eigenvalue weighted by atomic mass is 10.2. The van der Waals surface area contributed by atoms with Gasteiger partial charge in [0.1, 0.15) is 4.90 Å². The predicted molar refractivity (Wildman–Crippen MR) is 89.7 cm³/mol. The fourth-order valence-electron chi connectivity index (χ4n) is 2.39. The van der Waals surface area contributed by atoms with Gasteiger partial charge in [-0.25, -0.2) is 8.42 Å². The summed E-state index contributed by atoms with van der Waals surface area (Å²) in [6, 6.07) is 15.8. The van der Waals surface area contributed by atoms with Gasteiger partial charge in [0.05, 0.1) is 12.1 Å². The van der Waals surface area contributed by atoms with Crippen molar-refractivity contribution in [1.82, 2.24) is 4.98 Å². The average Bonchev–Trinajstić information content (AvgIpc) is 2.54. The van der Waals surface area contributed by atoms with Gasteiger partial charge in [-0.2, -0.15) is 0 Å². The molecule has 0 bridgehead atoms. The Labute approximate surface area is 135 Å². The summed E-state index contributed by atoms with van der Waals surface area (Å²) in [4.78, 5) is 4.36. The summed E-state index contributed by atoms with van der Waals surface area (Å²) in [6.07, 6.45) is 1.58. The van der Waals surface area contributed by atoms with Crippen molar-refractivity contribution < 1.29 is 13.2 Å². The number of hydrogen-bond donors (Lipinski definition) is 1. The second-order valence-electron chi connectivity index (χ2n) is 5.07. The molecule has 3 aromatic rings. The van der Waals surface area contributed by atoms with E-state index in [1.54, 1.807) is 49.7 Å². The first kappa shape index (κ1) is 15.5. The Kier molecular flexibility index (Phi) is 4.27. The van der Waals surface area contributed by atoms with E-state index in [0.29, 0.717) is 17.8 Å². The zero-order chi connectivity index (χ0) is 16.3. The van der Waals surface area contributed by atoms with Crippen LogP contribution < -0.4 is 4.72 Å². The molecule has 0 aliphatic carbocycles. The summed E-state index contributed by atoms with van der Waals surface area (Å²) in [5.74, 6) is 0. The molecule has 5 nitrogen and oxygen atoms in total. The van der Waals surface area contributed by atoms with Crippen LogP contribution in [0.25, 0.3) is 10.9 Å². The molecular weight excluding hydrogens is 312 g/mol. The molecule has 0 atom stereocenters. The van der Waals surface area contributed by atoms with E-state index in [1.165, 1.54) is 0 Å². The first-order chi connectivity index (χ1) is 11.1. The normalized spacial score (nSPS) is 11.5. The highest BCUT2D eigenvalue weighted by Gasteiger charge is 2.18. The second-order valence-corrected chi connectivity index (χ2v) is 6.72. The number of fused-ring (bicyclic) bond motifs is 1. The summed E-state index contributed by atoms with van der Waals surface area (Å²) in [7, 11) is -2.13. The maximum Gasteiger partial charge on any atom is 0.264 e. The van der Waals surface area contributed by atoms with Crippen LogP contribution in [0.2, 0.25) is 0 Å². The number of nitrogens with zero attached hydrogens (tertiary/aromatic N) is 1. The van der Waals surface area contributed by atoms with Crippen LogP contribution in [-0.2, 0) is 21.4 Å². The van der Waals surface area contributed by atoms with Crippen molar-refractivity contribution in [3.63, 3.8) is 0 Å². The van der Waals surface area contributed by atoms with Gasteiger partial charge in [0.15, 0.2) is 0 Å². The van der Waals surface area contributed by atoms with Gasteiger partial charge >= 0.3 is 0 Å². The number of anilines is 1. The van der Waals surface area contributed by atoms with Gasteiger partial charge in [0, 0.05) is 24.4 Å². The molecule has 0 spiro atoms. The van der Waals surface area contributed by atoms with Gasteiger partial charge in [-0.15, -0.1) is 0 Å². The predicted octanol–water partition coefficient (Wildman–Crippen LogP) is 3.18. The first-order valence-electron chi connectivity index (χ1n) is 7.04.